The number of methoxy groups -OCH3 is 1. The zero-order chi connectivity index (χ0) is 14.7. The minimum Gasteiger partial charge on any atom is -0.494 e. The fourth-order valence-corrected chi connectivity index (χ4v) is 1.71. The maximum Gasteiger partial charge on any atom is 0.251 e. The van der Waals surface area contributed by atoms with Gasteiger partial charge < -0.3 is 15.8 Å². The molecule has 0 unspecified atom stereocenters. The summed E-state index contributed by atoms with van der Waals surface area (Å²) in [6, 6.07) is 4.02. The molecule has 0 atom stereocenters. The molecule has 0 bridgehead atoms. The van der Waals surface area contributed by atoms with Crippen molar-refractivity contribution < 1.29 is 13.9 Å². The molecule has 1 heterocycles. The first-order chi connectivity index (χ1) is 9.52. The van der Waals surface area contributed by atoms with Gasteiger partial charge in [0.2, 0.25) is 0 Å². The first-order valence-corrected chi connectivity index (χ1v) is 5.91. The fraction of sp³-hybridized carbons (Fsp3) is 0.231. The minimum atomic E-state index is -0.582. The number of nitrogens with one attached hydrogen (secondary N) is 1. The van der Waals surface area contributed by atoms with Gasteiger partial charge in [0.05, 0.1) is 13.3 Å². The van der Waals surface area contributed by atoms with Crippen molar-refractivity contribution in [2.75, 3.05) is 12.8 Å². The van der Waals surface area contributed by atoms with Crippen molar-refractivity contribution in [2.24, 2.45) is 7.05 Å². The Bertz CT molecular complexity index is 639. The van der Waals surface area contributed by atoms with Crippen LogP contribution in [0.5, 0.6) is 5.75 Å². The number of halogens is 1. The molecule has 106 valence electrons. The van der Waals surface area contributed by atoms with Gasteiger partial charge >= 0.3 is 0 Å². The molecule has 0 aliphatic rings. The molecule has 2 rings (SSSR count). The average molecular weight is 278 g/mol. The predicted molar refractivity (Wildman–Crippen MR) is 71.7 cm³/mol. The van der Waals surface area contributed by atoms with E-state index in [0.717, 1.165) is 6.07 Å². The number of aromatic nitrogens is 2. The molecule has 20 heavy (non-hydrogen) atoms. The third kappa shape index (κ3) is 2.71. The summed E-state index contributed by atoms with van der Waals surface area (Å²) in [7, 11) is 3.07. The third-order valence-electron chi connectivity index (χ3n) is 2.92. The number of carbonyl (C=O) groups excluding carboxylic acids is 1. The molecule has 0 saturated carbocycles. The van der Waals surface area contributed by atoms with Gasteiger partial charge in [0.25, 0.3) is 5.91 Å². The highest BCUT2D eigenvalue weighted by molar-refractivity contribution is 5.94. The molecule has 2 aromatic rings. The van der Waals surface area contributed by atoms with Gasteiger partial charge in [-0.1, -0.05) is 0 Å². The van der Waals surface area contributed by atoms with E-state index < -0.39 is 11.7 Å². The number of nitrogen functional groups attached to an aromatic ring is 1. The van der Waals surface area contributed by atoms with E-state index in [0.29, 0.717) is 11.4 Å². The van der Waals surface area contributed by atoms with Gasteiger partial charge in [0.1, 0.15) is 5.82 Å². The van der Waals surface area contributed by atoms with E-state index in [1.165, 1.54) is 23.9 Å². The summed E-state index contributed by atoms with van der Waals surface area (Å²) in [5.41, 5.74) is 6.68. The van der Waals surface area contributed by atoms with E-state index in [2.05, 4.69) is 10.4 Å². The first kappa shape index (κ1) is 13.9. The number of aryl methyl sites for hydroxylation is 1. The monoisotopic (exact) mass is 278 g/mol. The molecular weight excluding hydrogens is 263 g/mol. The van der Waals surface area contributed by atoms with E-state index in [1.54, 1.807) is 13.2 Å². The van der Waals surface area contributed by atoms with E-state index in [4.69, 9.17) is 10.5 Å². The largest absolute Gasteiger partial charge is 0.494 e. The Morgan fingerprint density at radius 2 is 2.30 bits per heavy atom. The molecule has 3 N–H and O–H groups in total. The van der Waals surface area contributed by atoms with Crippen LogP contribution < -0.4 is 15.8 Å². The molecule has 0 aliphatic carbocycles. The van der Waals surface area contributed by atoms with Crippen molar-refractivity contribution in [2.45, 2.75) is 6.54 Å². The van der Waals surface area contributed by atoms with Crippen LogP contribution in [0.15, 0.2) is 24.4 Å². The van der Waals surface area contributed by atoms with Crippen molar-refractivity contribution >= 4 is 11.7 Å². The normalized spacial score (nSPS) is 10.3. The molecule has 0 spiro atoms. The van der Waals surface area contributed by atoms with Crippen LogP contribution in [0.3, 0.4) is 0 Å². The maximum atomic E-state index is 13.5. The summed E-state index contributed by atoms with van der Waals surface area (Å²) >= 11 is 0. The van der Waals surface area contributed by atoms with Crippen LogP contribution in [-0.4, -0.2) is 22.8 Å². The Labute approximate surface area is 115 Å². The Morgan fingerprint density at radius 3 is 2.85 bits per heavy atom. The molecule has 0 fully saturated rings. The Hall–Kier alpha value is -2.57. The third-order valence-corrected chi connectivity index (χ3v) is 2.92. The first-order valence-electron chi connectivity index (χ1n) is 5.91. The van der Waals surface area contributed by atoms with Crippen LogP contribution in [0.4, 0.5) is 10.2 Å². The second-order valence-electron chi connectivity index (χ2n) is 4.21. The van der Waals surface area contributed by atoms with Gasteiger partial charge in [-0.15, -0.1) is 0 Å². The summed E-state index contributed by atoms with van der Waals surface area (Å²) in [4.78, 5) is 11.9. The lowest BCUT2D eigenvalue weighted by Crippen LogP contribution is -2.23. The summed E-state index contributed by atoms with van der Waals surface area (Å²) in [5, 5.41) is 6.62. The standard InChI is InChI=1S/C13H15FN4O2/c1-18-12(15)9(7-17-18)6-16-13(19)8-3-4-11(20-2)10(14)5-8/h3-5,7H,6,15H2,1-2H3,(H,16,19). The number of nitrogens with two attached hydrogens (primary N) is 1. The smallest absolute Gasteiger partial charge is 0.251 e. The second-order valence-corrected chi connectivity index (χ2v) is 4.21. The Balaban J connectivity index is 2.05. The SMILES string of the molecule is COc1ccc(C(=O)NCc2cnn(C)c2N)cc1F. The van der Waals surface area contributed by atoms with Crippen LogP contribution in [-0.2, 0) is 13.6 Å². The van der Waals surface area contributed by atoms with Crippen LogP contribution in [0, 0.1) is 5.82 Å². The lowest BCUT2D eigenvalue weighted by atomic mass is 10.2. The topological polar surface area (TPSA) is 82.2 Å². The molecule has 1 aromatic heterocycles. The second kappa shape index (κ2) is 5.60. The molecule has 0 saturated heterocycles. The van der Waals surface area contributed by atoms with Crippen LogP contribution in [0.2, 0.25) is 0 Å². The highest BCUT2D eigenvalue weighted by atomic mass is 19.1. The molecule has 6 nitrogen and oxygen atoms in total. The number of ether oxygens (including phenoxy) is 1. The highest BCUT2D eigenvalue weighted by Crippen LogP contribution is 2.17. The average Bonchev–Trinajstić information content (AvgIpc) is 2.76. The van der Waals surface area contributed by atoms with Crippen LogP contribution in [0.25, 0.3) is 0 Å². The zero-order valence-corrected chi connectivity index (χ0v) is 11.2. The van der Waals surface area contributed by atoms with Crippen molar-refractivity contribution in [3.05, 3.63) is 41.3 Å². The molecule has 1 amide bonds. The number of carbonyl (C=O) groups is 1. The molecular formula is C13H15FN4O2. The molecule has 7 heteroatoms. The number of amides is 1. The molecule has 0 radical (unpaired) electrons. The van der Waals surface area contributed by atoms with Crippen LogP contribution >= 0.6 is 0 Å². The predicted octanol–water partition coefficient (Wildman–Crippen LogP) is 1.08. The fourth-order valence-electron chi connectivity index (χ4n) is 1.71. The van der Waals surface area contributed by atoms with E-state index in [-0.39, 0.29) is 17.9 Å². The molecule has 0 aliphatic heterocycles. The lowest BCUT2D eigenvalue weighted by Gasteiger charge is -2.07. The molecule has 1 aromatic carbocycles. The van der Waals surface area contributed by atoms with Crippen LogP contribution in [0.1, 0.15) is 15.9 Å². The van der Waals surface area contributed by atoms with Crippen molar-refractivity contribution in [1.29, 1.82) is 0 Å². The summed E-state index contributed by atoms with van der Waals surface area (Å²) in [6.45, 7) is 0.228. The summed E-state index contributed by atoms with van der Waals surface area (Å²) in [6.07, 6.45) is 1.57. The van der Waals surface area contributed by atoms with E-state index in [9.17, 15) is 9.18 Å². The van der Waals surface area contributed by atoms with E-state index >= 15 is 0 Å². The minimum absolute atomic E-state index is 0.0954. The zero-order valence-electron chi connectivity index (χ0n) is 11.2. The lowest BCUT2D eigenvalue weighted by molar-refractivity contribution is 0.0950. The number of benzene rings is 1. The van der Waals surface area contributed by atoms with Gasteiger partial charge in [0.15, 0.2) is 11.6 Å². The number of hydrogen-bond acceptors (Lipinski definition) is 4. The number of hydrogen-bond donors (Lipinski definition) is 2. The van der Waals surface area contributed by atoms with Crippen molar-refractivity contribution in [3.63, 3.8) is 0 Å². The van der Waals surface area contributed by atoms with Gasteiger partial charge in [-0.25, -0.2) is 4.39 Å². The van der Waals surface area contributed by atoms with E-state index in [1.807, 2.05) is 0 Å². The van der Waals surface area contributed by atoms with Gasteiger partial charge in [-0.3, -0.25) is 9.48 Å². The quantitative estimate of drug-likeness (QED) is 0.876. The number of nitrogens with zero attached hydrogens (tertiary/aromatic N) is 2. The Kier molecular flexibility index (Phi) is 3.88. The van der Waals surface area contributed by atoms with Gasteiger partial charge in [-0.05, 0) is 18.2 Å². The van der Waals surface area contributed by atoms with Crippen molar-refractivity contribution in [3.8, 4) is 5.75 Å². The summed E-state index contributed by atoms with van der Waals surface area (Å²) in [5.74, 6) is -0.403. The highest BCUT2D eigenvalue weighted by Gasteiger charge is 2.11. The maximum absolute atomic E-state index is 13.5. The van der Waals surface area contributed by atoms with Gasteiger partial charge in [0, 0.05) is 24.7 Å². The number of anilines is 1. The van der Waals surface area contributed by atoms with Crippen molar-refractivity contribution in [1.82, 2.24) is 15.1 Å². The Morgan fingerprint density at radius 1 is 1.55 bits per heavy atom. The number of rotatable bonds is 4. The van der Waals surface area contributed by atoms with Gasteiger partial charge in [-0.2, -0.15) is 5.10 Å². The summed E-state index contributed by atoms with van der Waals surface area (Å²) < 4.78 is 19.8.